The van der Waals surface area contributed by atoms with Gasteiger partial charge < -0.3 is 14.0 Å². The predicted molar refractivity (Wildman–Crippen MR) is 114 cm³/mol. The molecule has 0 saturated carbocycles. The Bertz CT molecular complexity index is 770. The van der Waals surface area contributed by atoms with Gasteiger partial charge in [0.05, 0.1) is 12.1 Å². The Kier molecular flexibility index (Phi) is 7.76. The highest BCUT2D eigenvalue weighted by Gasteiger charge is 2.23. The second-order valence-electron chi connectivity index (χ2n) is 7.59. The number of aromatic nitrogens is 1. The first-order valence-electron chi connectivity index (χ1n) is 8.96. The number of nitrogens with zero attached hydrogens (tertiary/aromatic N) is 1. The van der Waals surface area contributed by atoms with Crippen molar-refractivity contribution in [3.05, 3.63) is 33.4 Å². The number of hydrogen-bond donors (Lipinski definition) is 0. The van der Waals surface area contributed by atoms with E-state index in [9.17, 15) is 4.79 Å². The van der Waals surface area contributed by atoms with Crippen molar-refractivity contribution in [1.82, 2.24) is 4.57 Å². The Hall–Kier alpha value is -0.823. The molecule has 0 unspecified atom stereocenters. The zero-order valence-corrected chi connectivity index (χ0v) is 19.2. The zero-order valence-electron chi connectivity index (χ0n) is 15.9. The Labute approximate surface area is 169 Å². The lowest BCUT2D eigenvalue weighted by molar-refractivity contribution is 0.0500. The second-order valence-corrected chi connectivity index (χ2v) is 14.5. The number of rotatable bonds is 9. The van der Waals surface area contributed by atoms with Crippen molar-refractivity contribution in [1.29, 1.82) is 0 Å². The third-order valence-corrected chi connectivity index (χ3v) is 6.70. The van der Waals surface area contributed by atoms with E-state index in [-0.39, 0.29) is 5.97 Å². The molecule has 26 heavy (non-hydrogen) atoms. The van der Waals surface area contributed by atoms with Gasteiger partial charge in [-0.3, -0.25) is 0 Å². The minimum absolute atomic E-state index is 0.323. The summed E-state index contributed by atoms with van der Waals surface area (Å²) >= 11 is 10.0. The van der Waals surface area contributed by atoms with Crippen LogP contribution in [-0.4, -0.2) is 31.8 Å². The van der Waals surface area contributed by atoms with Gasteiger partial charge in [0.15, 0.2) is 0 Å². The number of halogens is 2. The first-order valence-corrected chi connectivity index (χ1v) is 13.8. The van der Waals surface area contributed by atoms with Crippen LogP contribution in [0.2, 0.25) is 30.8 Å². The fourth-order valence-electron chi connectivity index (χ4n) is 2.53. The molecule has 2 rings (SSSR count). The largest absolute Gasteiger partial charge is 0.462 e. The second kappa shape index (κ2) is 9.40. The van der Waals surface area contributed by atoms with Crippen LogP contribution in [0.1, 0.15) is 30.1 Å². The average Bonchev–Trinajstić information content (AvgIpc) is 2.82. The van der Waals surface area contributed by atoms with E-state index in [1.165, 1.54) is 0 Å². The molecule has 0 aliphatic rings. The Morgan fingerprint density at radius 2 is 2.00 bits per heavy atom. The van der Waals surface area contributed by atoms with Crippen molar-refractivity contribution in [2.45, 2.75) is 52.2 Å². The summed E-state index contributed by atoms with van der Waals surface area (Å²) in [5.41, 5.74) is 1.28. The molecular formula is C19H27BrClNO3Si. The first kappa shape index (κ1) is 21.5. The van der Waals surface area contributed by atoms with Gasteiger partial charge in [0.2, 0.25) is 0 Å². The Morgan fingerprint density at radius 1 is 1.27 bits per heavy atom. The molecule has 0 amide bonds. The Balaban J connectivity index is 2.27. The zero-order chi connectivity index (χ0) is 19.3. The fraction of sp³-hybridized carbons (Fsp3) is 0.526. The number of esters is 1. The van der Waals surface area contributed by atoms with E-state index in [0.29, 0.717) is 30.7 Å². The summed E-state index contributed by atoms with van der Waals surface area (Å²) in [6.07, 6.45) is 1.81. The van der Waals surface area contributed by atoms with Gasteiger partial charge in [0.1, 0.15) is 17.4 Å². The molecule has 1 aromatic carbocycles. The summed E-state index contributed by atoms with van der Waals surface area (Å²) in [6.45, 7) is 10.4. The minimum atomic E-state index is -1.15. The van der Waals surface area contributed by atoms with Gasteiger partial charge in [0, 0.05) is 24.5 Å². The van der Waals surface area contributed by atoms with Crippen molar-refractivity contribution in [2.75, 3.05) is 13.2 Å². The van der Waals surface area contributed by atoms with Gasteiger partial charge in [-0.25, -0.2) is 4.79 Å². The van der Waals surface area contributed by atoms with Crippen LogP contribution in [0.25, 0.3) is 10.9 Å². The number of carbonyl (C=O) groups excluding carboxylic acids is 1. The third-order valence-electron chi connectivity index (χ3n) is 4.11. The van der Waals surface area contributed by atoms with Crippen LogP contribution < -0.4 is 0 Å². The maximum atomic E-state index is 12.6. The van der Waals surface area contributed by atoms with Crippen molar-refractivity contribution >= 4 is 52.5 Å². The molecule has 0 fully saturated rings. The van der Waals surface area contributed by atoms with Gasteiger partial charge in [0.25, 0.3) is 0 Å². The molecule has 0 aliphatic carbocycles. The fourth-order valence-corrected chi connectivity index (χ4v) is 3.97. The summed E-state index contributed by atoms with van der Waals surface area (Å²) in [6, 6.07) is 6.86. The minimum Gasteiger partial charge on any atom is -0.462 e. The highest BCUT2D eigenvalue weighted by Crippen LogP contribution is 2.33. The van der Waals surface area contributed by atoms with Crippen LogP contribution in [0.3, 0.4) is 0 Å². The molecule has 0 saturated heterocycles. The summed E-state index contributed by atoms with van der Waals surface area (Å²) < 4.78 is 14.0. The van der Waals surface area contributed by atoms with Crippen molar-refractivity contribution in [3.63, 3.8) is 0 Å². The van der Waals surface area contributed by atoms with E-state index >= 15 is 0 Å². The van der Waals surface area contributed by atoms with E-state index in [2.05, 4.69) is 42.5 Å². The molecule has 0 radical (unpaired) electrons. The van der Waals surface area contributed by atoms with E-state index in [0.717, 1.165) is 34.3 Å². The van der Waals surface area contributed by atoms with E-state index in [4.69, 9.17) is 21.1 Å². The molecule has 144 valence electrons. The molecule has 1 heterocycles. The van der Waals surface area contributed by atoms with Crippen LogP contribution in [0.4, 0.5) is 0 Å². The number of hydrogen-bond acceptors (Lipinski definition) is 3. The quantitative estimate of drug-likeness (QED) is 0.249. The number of carbonyl (C=O) groups is 1. The molecule has 1 aromatic heterocycles. The summed E-state index contributed by atoms with van der Waals surface area (Å²) in [5.74, 6) is -0.382. The van der Waals surface area contributed by atoms with Crippen LogP contribution in [0, 0.1) is 0 Å². The lowest BCUT2D eigenvalue weighted by Crippen LogP contribution is -2.22. The number of ether oxygens (including phenoxy) is 2. The molecule has 0 bridgehead atoms. The van der Waals surface area contributed by atoms with Crippen molar-refractivity contribution in [3.8, 4) is 0 Å². The number of unbranched alkanes of at least 4 members (excludes halogenated alkanes) is 1. The van der Waals surface area contributed by atoms with Gasteiger partial charge in [-0.05, 0) is 30.7 Å². The molecule has 2 aromatic rings. The highest BCUT2D eigenvalue weighted by molar-refractivity contribution is 9.10. The normalized spacial score (nSPS) is 11.9. The van der Waals surface area contributed by atoms with Crippen molar-refractivity contribution < 1.29 is 14.3 Å². The van der Waals surface area contributed by atoms with Gasteiger partial charge >= 0.3 is 5.97 Å². The Morgan fingerprint density at radius 3 is 2.65 bits per heavy atom. The van der Waals surface area contributed by atoms with E-state index in [1.807, 2.05) is 22.8 Å². The average molecular weight is 461 g/mol. The lowest BCUT2D eigenvalue weighted by Gasteiger charge is -2.16. The standard InChI is InChI=1S/C19H27BrClNO3Si/c1-5-6-9-25-19(23)17-15-12-14(20)7-8-16(15)22(18(17)21)13-24-10-11-26(2,3)4/h7-8,12H,5-6,9-11,13H2,1-4H3. The lowest BCUT2D eigenvalue weighted by atomic mass is 10.2. The third kappa shape index (κ3) is 5.59. The maximum Gasteiger partial charge on any atom is 0.341 e. The molecule has 7 heteroatoms. The van der Waals surface area contributed by atoms with E-state index < -0.39 is 8.07 Å². The SMILES string of the molecule is CCCCOC(=O)c1c(Cl)n(COCC[Si](C)(C)C)c2ccc(Br)cc12. The van der Waals surface area contributed by atoms with Gasteiger partial charge in [-0.15, -0.1) is 0 Å². The summed E-state index contributed by atoms with van der Waals surface area (Å²) in [5, 5.41) is 1.15. The molecular weight excluding hydrogens is 434 g/mol. The molecule has 0 spiro atoms. The first-order chi connectivity index (χ1) is 12.2. The molecule has 0 atom stereocenters. The van der Waals surface area contributed by atoms with Crippen LogP contribution >= 0.6 is 27.5 Å². The van der Waals surface area contributed by atoms with Crippen LogP contribution in [0.15, 0.2) is 22.7 Å². The molecule has 0 aliphatic heterocycles. The van der Waals surface area contributed by atoms with E-state index in [1.54, 1.807) is 0 Å². The number of fused-ring (bicyclic) bond motifs is 1. The van der Waals surface area contributed by atoms with Crippen molar-refractivity contribution in [2.24, 2.45) is 0 Å². The van der Waals surface area contributed by atoms with Crippen LogP contribution in [-0.2, 0) is 16.2 Å². The molecule has 0 N–H and O–H groups in total. The summed E-state index contributed by atoms with van der Waals surface area (Å²) in [4.78, 5) is 12.6. The monoisotopic (exact) mass is 459 g/mol. The number of benzene rings is 1. The van der Waals surface area contributed by atoms with Gasteiger partial charge in [-0.1, -0.05) is 60.5 Å². The highest BCUT2D eigenvalue weighted by atomic mass is 79.9. The van der Waals surface area contributed by atoms with Gasteiger partial charge in [-0.2, -0.15) is 0 Å². The topological polar surface area (TPSA) is 40.5 Å². The molecule has 4 nitrogen and oxygen atoms in total. The smallest absolute Gasteiger partial charge is 0.341 e. The maximum absolute atomic E-state index is 12.6. The predicted octanol–water partition coefficient (Wildman–Crippen LogP) is 6.33. The summed E-state index contributed by atoms with van der Waals surface area (Å²) in [7, 11) is -1.15. The van der Waals surface area contributed by atoms with Crippen LogP contribution in [0.5, 0.6) is 0 Å².